The average Bonchev–Trinajstić information content (AvgIpc) is 2.77. The van der Waals surface area contributed by atoms with Gasteiger partial charge in [-0.05, 0) is 17.5 Å². The largest absolute Gasteiger partial charge is 0.270 e. The number of hydrazone groups is 1. The number of aryl methyl sites for hydroxylation is 1. The highest BCUT2D eigenvalue weighted by Gasteiger charge is 2.06. The first-order chi connectivity index (χ1) is 13.8. The molecule has 0 amide bonds. The van der Waals surface area contributed by atoms with Crippen molar-refractivity contribution in [3.63, 3.8) is 0 Å². The van der Waals surface area contributed by atoms with Crippen molar-refractivity contribution >= 4 is 17.9 Å². The topological polar surface area (TPSA) is 49.1 Å². The van der Waals surface area contributed by atoms with E-state index in [1.165, 1.54) is 5.56 Å². The van der Waals surface area contributed by atoms with Crippen LogP contribution in [0, 0.1) is 0 Å². The highest BCUT2D eigenvalue weighted by molar-refractivity contribution is 6.11. The summed E-state index contributed by atoms with van der Waals surface area (Å²) in [5, 5.41) is 4.45. The predicted octanol–water partition coefficient (Wildman–Crippen LogP) is 4.70. The van der Waals surface area contributed by atoms with E-state index in [4.69, 9.17) is 4.99 Å². The molecule has 3 aromatic rings. The van der Waals surface area contributed by atoms with Gasteiger partial charge in [0.25, 0.3) is 0 Å². The molecule has 0 unspecified atom stereocenters. The molecule has 0 aliphatic heterocycles. The van der Waals surface area contributed by atoms with Crippen molar-refractivity contribution in [1.82, 2.24) is 5.43 Å². The molecule has 0 aliphatic carbocycles. The third kappa shape index (κ3) is 5.01. The van der Waals surface area contributed by atoms with Crippen LogP contribution in [0.4, 0.5) is 0 Å². The minimum absolute atomic E-state index is 0.648. The highest BCUT2D eigenvalue weighted by Crippen LogP contribution is 2.08. The zero-order valence-corrected chi connectivity index (χ0v) is 16.2. The van der Waals surface area contributed by atoms with E-state index in [9.17, 15) is 0 Å². The second-order valence-electron chi connectivity index (χ2n) is 6.16. The van der Waals surface area contributed by atoms with Gasteiger partial charge in [0.2, 0.25) is 0 Å². The SMILES string of the molecule is CCc1ccccc1/C=N\NC(=NC(=NC)c1ccccc1)c1ccccc1. The van der Waals surface area contributed by atoms with E-state index < -0.39 is 0 Å². The van der Waals surface area contributed by atoms with Crippen molar-refractivity contribution in [3.05, 3.63) is 107 Å². The third-order valence-electron chi connectivity index (χ3n) is 4.32. The molecule has 0 spiro atoms. The van der Waals surface area contributed by atoms with Crippen LogP contribution >= 0.6 is 0 Å². The summed E-state index contributed by atoms with van der Waals surface area (Å²) in [6, 6.07) is 28.1. The standard InChI is InChI=1S/C24H24N4/c1-3-19-12-10-11-17-22(19)18-26-28-24(21-15-8-5-9-16-21)27-23(25-2)20-13-6-4-7-14-20/h4-18H,3H2,1-2H3,(H,25,27,28)/b26-18-. The number of nitrogens with zero attached hydrogens (tertiary/aromatic N) is 3. The van der Waals surface area contributed by atoms with E-state index >= 15 is 0 Å². The molecule has 0 fully saturated rings. The lowest BCUT2D eigenvalue weighted by Crippen LogP contribution is -2.21. The molecule has 3 rings (SSSR count). The Kier molecular flexibility index (Phi) is 6.85. The number of aliphatic imine (C=N–C) groups is 2. The Labute approximate surface area is 166 Å². The molecule has 4 heteroatoms. The van der Waals surface area contributed by atoms with Gasteiger partial charge in [0.1, 0.15) is 0 Å². The molecule has 0 radical (unpaired) electrons. The van der Waals surface area contributed by atoms with Gasteiger partial charge >= 0.3 is 0 Å². The summed E-state index contributed by atoms with van der Waals surface area (Å²) in [5.41, 5.74) is 7.36. The lowest BCUT2D eigenvalue weighted by Gasteiger charge is -2.08. The smallest absolute Gasteiger partial charge is 0.156 e. The maximum Gasteiger partial charge on any atom is 0.156 e. The Hall–Kier alpha value is -3.53. The van der Waals surface area contributed by atoms with Gasteiger partial charge in [-0.2, -0.15) is 5.10 Å². The van der Waals surface area contributed by atoms with Crippen LogP contribution in [0.5, 0.6) is 0 Å². The van der Waals surface area contributed by atoms with E-state index in [1.54, 1.807) is 7.05 Å². The number of nitrogens with one attached hydrogen (secondary N) is 1. The van der Waals surface area contributed by atoms with E-state index in [-0.39, 0.29) is 0 Å². The molecule has 4 nitrogen and oxygen atoms in total. The lowest BCUT2D eigenvalue weighted by molar-refractivity contribution is 1.03. The maximum absolute atomic E-state index is 4.75. The molecular weight excluding hydrogens is 344 g/mol. The van der Waals surface area contributed by atoms with Crippen LogP contribution in [-0.2, 0) is 6.42 Å². The molecule has 0 saturated heterocycles. The summed E-state index contributed by atoms with van der Waals surface area (Å²) in [4.78, 5) is 9.11. The zero-order valence-electron chi connectivity index (χ0n) is 16.2. The van der Waals surface area contributed by atoms with Crippen molar-refractivity contribution in [1.29, 1.82) is 0 Å². The molecular formula is C24H24N4. The molecule has 140 valence electrons. The van der Waals surface area contributed by atoms with Gasteiger partial charge in [-0.3, -0.25) is 10.4 Å². The molecule has 1 N–H and O–H groups in total. The molecule has 0 aromatic heterocycles. The Morgan fingerprint density at radius 3 is 2.07 bits per heavy atom. The summed E-state index contributed by atoms with van der Waals surface area (Å²) >= 11 is 0. The van der Waals surface area contributed by atoms with Crippen molar-refractivity contribution in [2.24, 2.45) is 15.1 Å². The Morgan fingerprint density at radius 1 is 0.821 bits per heavy atom. The first-order valence-corrected chi connectivity index (χ1v) is 9.35. The van der Waals surface area contributed by atoms with Crippen LogP contribution in [0.3, 0.4) is 0 Å². The average molecular weight is 368 g/mol. The molecule has 3 aromatic carbocycles. The van der Waals surface area contributed by atoms with Crippen LogP contribution in [0.15, 0.2) is 100 Å². The molecule has 0 saturated carbocycles. The fraction of sp³-hybridized carbons (Fsp3) is 0.125. The summed E-state index contributed by atoms with van der Waals surface area (Å²) in [6.07, 6.45) is 2.80. The molecule has 0 atom stereocenters. The lowest BCUT2D eigenvalue weighted by atomic mass is 10.1. The van der Waals surface area contributed by atoms with Crippen LogP contribution in [-0.4, -0.2) is 24.9 Å². The van der Waals surface area contributed by atoms with E-state index in [0.717, 1.165) is 23.1 Å². The maximum atomic E-state index is 4.75. The Balaban J connectivity index is 1.91. The fourth-order valence-electron chi connectivity index (χ4n) is 2.83. The van der Waals surface area contributed by atoms with Gasteiger partial charge in [0.05, 0.1) is 6.21 Å². The second-order valence-corrected chi connectivity index (χ2v) is 6.16. The summed E-state index contributed by atoms with van der Waals surface area (Å²) in [6.45, 7) is 2.14. The van der Waals surface area contributed by atoms with Crippen LogP contribution in [0.2, 0.25) is 0 Å². The number of amidine groups is 2. The van der Waals surface area contributed by atoms with E-state index in [0.29, 0.717) is 11.7 Å². The minimum Gasteiger partial charge on any atom is -0.270 e. The second kappa shape index (κ2) is 9.97. The van der Waals surface area contributed by atoms with Gasteiger partial charge in [0, 0.05) is 18.2 Å². The van der Waals surface area contributed by atoms with Gasteiger partial charge in [0.15, 0.2) is 11.7 Å². The summed E-state index contributed by atoms with van der Waals surface area (Å²) in [7, 11) is 1.75. The van der Waals surface area contributed by atoms with E-state index in [2.05, 4.69) is 34.6 Å². The van der Waals surface area contributed by atoms with Crippen molar-refractivity contribution < 1.29 is 0 Å². The summed E-state index contributed by atoms with van der Waals surface area (Å²) in [5.74, 6) is 1.30. The molecule has 28 heavy (non-hydrogen) atoms. The molecule has 0 aliphatic rings. The Bertz CT molecular complexity index is 974. The number of benzene rings is 3. The van der Waals surface area contributed by atoms with Crippen LogP contribution in [0.1, 0.15) is 29.2 Å². The van der Waals surface area contributed by atoms with E-state index in [1.807, 2.05) is 79.0 Å². The quantitative estimate of drug-likeness (QED) is 0.396. The fourth-order valence-corrected chi connectivity index (χ4v) is 2.83. The van der Waals surface area contributed by atoms with Gasteiger partial charge in [-0.15, -0.1) is 0 Å². The normalized spacial score (nSPS) is 12.4. The van der Waals surface area contributed by atoms with Crippen molar-refractivity contribution in [2.75, 3.05) is 7.05 Å². The van der Waals surface area contributed by atoms with Crippen LogP contribution < -0.4 is 5.43 Å². The molecule has 0 heterocycles. The van der Waals surface area contributed by atoms with Gasteiger partial charge in [-0.25, -0.2) is 4.99 Å². The third-order valence-corrected chi connectivity index (χ3v) is 4.32. The van der Waals surface area contributed by atoms with Gasteiger partial charge < -0.3 is 0 Å². The predicted molar refractivity (Wildman–Crippen MR) is 118 cm³/mol. The van der Waals surface area contributed by atoms with Crippen LogP contribution in [0.25, 0.3) is 0 Å². The number of hydrogen-bond acceptors (Lipinski definition) is 2. The Morgan fingerprint density at radius 2 is 1.43 bits per heavy atom. The monoisotopic (exact) mass is 368 g/mol. The van der Waals surface area contributed by atoms with Crippen molar-refractivity contribution in [3.8, 4) is 0 Å². The van der Waals surface area contributed by atoms with Gasteiger partial charge in [-0.1, -0.05) is 91.9 Å². The first-order valence-electron chi connectivity index (χ1n) is 9.35. The molecule has 0 bridgehead atoms. The van der Waals surface area contributed by atoms with Crippen molar-refractivity contribution in [2.45, 2.75) is 13.3 Å². The number of rotatable bonds is 5. The highest BCUT2D eigenvalue weighted by atomic mass is 15.3. The first kappa shape index (κ1) is 19.2. The minimum atomic E-state index is 0.648. The number of hydrogen-bond donors (Lipinski definition) is 1. The summed E-state index contributed by atoms with van der Waals surface area (Å²) < 4.78 is 0. The zero-order chi connectivity index (χ0) is 19.6.